The minimum atomic E-state index is -0.595. The highest BCUT2D eigenvalue weighted by Gasteiger charge is 2.22. The molecule has 0 spiro atoms. The molecule has 4 aromatic heterocycles. The highest BCUT2D eigenvalue weighted by atomic mass is 16.5. The van der Waals surface area contributed by atoms with Gasteiger partial charge in [0.15, 0.2) is 5.65 Å². The van der Waals surface area contributed by atoms with Crippen LogP contribution in [0.1, 0.15) is 33.3 Å². The summed E-state index contributed by atoms with van der Waals surface area (Å²) in [5.74, 6) is -0.973. The molecule has 0 saturated carbocycles. The normalized spacial score (nSPS) is 11.1. The number of aromatic amines is 1. The highest BCUT2D eigenvalue weighted by molar-refractivity contribution is 5.98. The Kier molecular flexibility index (Phi) is 4.34. The molecule has 0 aliphatic heterocycles. The number of esters is 2. The van der Waals surface area contributed by atoms with Crippen LogP contribution in [0.15, 0.2) is 29.5 Å². The summed E-state index contributed by atoms with van der Waals surface area (Å²) in [5, 5.41) is 11.1. The zero-order valence-electron chi connectivity index (χ0n) is 15.8. The minimum absolute atomic E-state index is 0.130. The lowest BCUT2D eigenvalue weighted by atomic mass is 10.2. The van der Waals surface area contributed by atoms with Gasteiger partial charge in [-0.15, -0.1) is 0 Å². The number of hydrogen-bond donors (Lipinski definition) is 1. The van der Waals surface area contributed by atoms with Gasteiger partial charge in [0.05, 0.1) is 36.5 Å². The second-order valence-electron chi connectivity index (χ2n) is 6.09. The second kappa shape index (κ2) is 6.86. The molecule has 4 heterocycles. The summed E-state index contributed by atoms with van der Waals surface area (Å²) in [4.78, 5) is 41.5. The molecule has 29 heavy (non-hydrogen) atoms. The third-order valence-corrected chi connectivity index (χ3v) is 4.43. The van der Waals surface area contributed by atoms with Gasteiger partial charge in [-0.05, 0) is 19.9 Å². The third kappa shape index (κ3) is 2.74. The van der Waals surface area contributed by atoms with E-state index in [9.17, 15) is 14.4 Å². The largest absolute Gasteiger partial charge is 0.465 e. The molecule has 11 nitrogen and oxygen atoms in total. The molecule has 4 rings (SSSR count). The van der Waals surface area contributed by atoms with Gasteiger partial charge in [0.2, 0.25) is 0 Å². The molecule has 0 aliphatic rings. The maximum absolute atomic E-state index is 13.1. The number of H-pyrrole nitrogens is 1. The molecule has 0 amide bonds. The second-order valence-corrected chi connectivity index (χ2v) is 6.09. The van der Waals surface area contributed by atoms with E-state index in [1.54, 1.807) is 19.9 Å². The summed E-state index contributed by atoms with van der Waals surface area (Å²) >= 11 is 0. The number of ether oxygens (including phenoxy) is 2. The minimum Gasteiger partial charge on any atom is -0.465 e. The Hall–Kier alpha value is -4.02. The van der Waals surface area contributed by atoms with E-state index in [1.807, 2.05) is 0 Å². The first kappa shape index (κ1) is 18.3. The molecule has 148 valence electrons. The Balaban J connectivity index is 1.94. The van der Waals surface area contributed by atoms with Crippen molar-refractivity contribution in [1.82, 2.24) is 29.4 Å². The number of pyridine rings is 1. The van der Waals surface area contributed by atoms with Crippen LogP contribution in [0.4, 0.5) is 0 Å². The van der Waals surface area contributed by atoms with Gasteiger partial charge >= 0.3 is 11.9 Å². The Bertz CT molecular complexity index is 1330. The quantitative estimate of drug-likeness (QED) is 0.506. The van der Waals surface area contributed by atoms with Gasteiger partial charge in [-0.1, -0.05) is 0 Å². The van der Waals surface area contributed by atoms with E-state index in [-0.39, 0.29) is 34.6 Å². The zero-order valence-corrected chi connectivity index (χ0v) is 15.8. The summed E-state index contributed by atoms with van der Waals surface area (Å²) in [7, 11) is 1.27. The fraction of sp³-hybridized carbons (Fsp3) is 0.222. The van der Waals surface area contributed by atoms with Crippen LogP contribution in [0.3, 0.4) is 0 Å². The number of hydrogen-bond acceptors (Lipinski definition) is 8. The van der Waals surface area contributed by atoms with Crippen LogP contribution in [0.5, 0.6) is 0 Å². The highest BCUT2D eigenvalue weighted by Crippen LogP contribution is 2.20. The Labute approximate surface area is 162 Å². The van der Waals surface area contributed by atoms with Crippen molar-refractivity contribution in [3.63, 3.8) is 0 Å². The number of aromatic nitrogens is 6. The fourth-order valence-corrected chi connectivity index (χ4v) is 3.11. The monoisotopic (exact) mass is 396 g/mol. The predicted molar refractivity (Wildman–Crippen MR) is 100 cm³/mol. The van der Waals surface area contributed by atoms with E-state index in [4.69, 9.17) is 9.47 Å². The molecule has 0 aliphatic carbocycles. The SMILES string of the molecule is CCOC(=O)c1cn[nH]c1-n1ccc2c(cnc3c(C(=O)OC)c(C)nn32)c1=O. The predicted octanol–water partition coefficient (Wildman–Crippen LogP) is 1.03. The van der Waals surface area contributed by atoms with E-state index in [1.165, 1.54) is 34.8 Å². The maximum atomic E-state index is 13.1. The van der Waals surface area contributed by atoms with Crippen molar-refractivity contribution in [3.05, 3.63) is 51.8 Å². The van der Waals surface area contributed by atoms with Crippen LogP contribution in [0.25, 0.3) is 22.4 Å². The van der Waals surface area contributed by atoms with Crippen LogP contribution in [-0.4, -0.2) is 55.0 Å². The standard InChI is InChI=1S/C18H16N6O5/c1-4-29-17(26)11-8-20-21-14(11)23-6-5-12-10(16(23)25)7-19-15-13(18(27)28-3)9(2)22-24(12)15/h5-8H,4H2,1-3H3,(H,20,21). The molecule has 0 saturated heterocycles. The van der Waals surface area contributed by atoms with Gasteiger partial charge in [-0.2, -0.15) is 10.2 Å². The van der Waals surface area contributed by atoms with Crippen LogP contribution < -0.4 is 5.56 Å². The number of rotatable bonds is 4. The first-order valence-corrected chi connectivity index (χ1v) is 8.66. The molecule has 11 heteroatoms. The van der Waals surface area contributed by atoms with Crippen molar-refractivity contribution in [2.45, 2.75) is 13.8 Å². The van der Waals surface area contributed by atoms with Crippen LogP contribution in [-0.2, 0) is 9.47 Å². The summed E-state index contributed by atoms with van der Waals surface area (Å²) in [6.45, 7) is 3.54. The molecule has 0 radical (unpaired) electrons. The summed E-state index contributed by atoms with van der Waals surface area (Å²) in [6.07, 6.45) is 4.14. The third-order valence-electron chi connectivity index (χ3n) is 4.43. The van der Waals surface area contributed by atoms with Crippen LogP contribution in [0.2, 0.25) is 0 Å². The number of nitrogens with zero attached hydrogens (tertiary/aromatic N) is 5. The zero-order chi connectivity index (χ0) is 20.7. The Morgan fingerprint density at radius 3 is 2.76 bits per heavy atom. The molecule has 4 aromatic rings. The number of aryl methyl sites for hydroxylation is 1. The topological polar surface area (TPSA) is 133 Å². The molecular formula is C18H16N6O5. The van der Waals surface area contributed by atoms with E-state index in [0.29, 0.717) is 11.2 Å². The number of nitrogens with one attached hydrogen (secondary N) is 1. The van der Waals surface area contributed by atoms with Gasteiger partial charge in [-0.3, -0.25) is 14.5 Å². The van der Waals surface area contributed by atoms with Crippen molar-refractivity contribution in [2.75, 3.05) is 13.7 Å². The Morgan fingerprint density at radius 1 is 1.24 bits per heavy atom. The molecule has 0 fully saturated rings. The smallest absolute Gasteiger partial charge is 0.343 e. The lowest BCUT2D eigenvalue weighted by Gasteiger charge is -2.08. The molecule has 1 N–H and O–H groups in total. The average Bonchev–Trinajstić information content (AvgIpc) is 3.32. The summed E-state index contributed by atoms with van der Waals surface area (Å²) < 4.78 is 12.4. The summed E-state index contributed by atoms with van der Waals surface area (Å²) in [5.41, 5.74) is 1.08. The van der Waals surface area contributed by atoms with Gasteiger partial charge < -0.3 is 9.47 Å². The van der Waals surface area contributed by atoms with Gasteiger partial charge in [0.25, 0.3) is 5.56 Å². The molecule has 0 atom stereocenters. The first-order chi connectivity index (χ1) is 14.0. The van der Waals surface area contributed by atoms with E-state index in [0.717, 1.165) is 0 Å². The molecular weight excluding hydrogens is 380 g/mol. The molecule has 0 unspecified atom stereocenters. The molecule has 0 bridgehead atoms. The lowest BCUT2D eigenvalue weighted by Crippen LogP contribution is -2.21. The van der Waals surface area contributed by atoms with Crippen molar-refractivity contribution in [2.24, 2.45) is 0 Å². The fourth-order valence-electron chi connectivity index (χ4n) is 3.11. The van der Waals surface area contributed by atoms with E-state index in [2.05, 4.69) is 20.3 Å². The molecule has 0 aromatic carbocycles. The van der Waals surface area contributed by atoms with E-state index < -0.39 is 17.5 Å². The van der Waals surface area contributed by atoms with Crippen LogP contribution in [0, 0.1) is 6.92 Å². The number of methoxy groups -OCH3 is 1. The number of fused-ring (bicyclic) bond motifs is 3. The van der Waals surface area contributed by atoms with Gasteiger partial charge in [-0.25, -0.2) is 19.1 Å². The lowest BCUT2D eigenvalue weighted by molar-refractivity contribution is 0.0525. The van der Waals surface area contributed by atoms with Gasteiger partial charge in [0, 0.05) is 12.4 Å². The Morgan fingerprint density at radius 2 is 2.03 bits per heavy atom. The van der Waals surface area contributed by atoms with Gasteiger partial charge in [0.1, 0.15) is 16.9 Å². The van der Waals surface area contributed by atoms with Crippen molar-refractivity contribution in [3.8, 4) is 5.82 Å². The number of carbonyl (C=O) groups is 2. The van der Waals surface area contributed by atoms with Crippen LogP contribution >= 0.6 is 0 Å². The van der Waals surface area contributed by atoms with Crippen molar-refractivity contribution >= 4 is 28.5 Å². The van der Waals surface area contributed by atoms with Crippen molar-refractivity contribution < 1.29 is 19.1 Å². The van der Waals surface area contributed by atoms with Crippen molar-refractivity contribution in [1.29, 1.82) is 0 Å². The first-order valence-electron chi connectivity index (χ1n) is 8.66. The maximum Gasteiger partial charge on any atom is 0.343 e. The summed E-state index contributed by atoms with van der Waals surface area (Å²) in [6, 6.07) is 1.63. The number of carbonyl (C=O) groups excluding carboxylic acids is 2. The van der Waals surface area contributed by atoms with E-state index >= 15 is 0 Å². The average molecular weight is 396 g/mol.